The second kappa shape index (κ2) is 9.91. The predicted octanol–water partition coefficient (Wildman–Crippen LogP) is 4.42. The smallest absolute Gasteiger partial charge is 0.326 e. The van der Waals surface area contributed by atoms with E-state index in [0.717, 1.165) is 64.0 Å². The number of halogens is 3. The molecule has 0 spiro atoms. The van der Waals surface area contributed by atoms with Crippen LogP contribution >= 0.6 is 0 Å². The van der Waals surface area contributed by atoms with Gasteiger partial charge in [-0.1, -0.05) is 0 Å². The minimum atomic E-state index is -4.37. The lowest BCUT2D eigenvalue weighted by atomic mass is 9.93. The van der Waals surface area contributed by atoms with Gasteiger partial charge in [-0.15, -0.1) is 0 Å². The van der Waals surface area contributed by atoms with Gasteiger partial charge in [0.25, 0.3) is 0 Å². The second-order valence-corrected chi connectivity index (χ2v) is 7.59. The molecule has 3 rings (SSSR count). The molecule has 0 aliphatic carbocycles. The fourth-order valence-electron chi connectivity index (χ4n) is 3.78. The molecule has 158 valence electrons. The van der Waals surface area contributed by atoms with Crippen molar-refractivity contribution in [3.63, 3.8) is 0 Å². The molecule has 1 aliphatic heterocycles. The molecule has 0 unspecified atom stereocenters. The van der Waals surface area contributed by atoms with E-state index in [4.69, 9.17) is 0 Å². The number of nitrogens with zero attached hydrogens (tertiary/aromatic N) is 3. The van der Waals surface area contributed by atoms with Gasteiger partial charge in [-0.05, 0) is 75.0 Å². The third-order valence-electron chi connectivity index (χ3n) is 5.30. The van der Waals surface area contributed by atoms with Gasteiger partial charge in [-0.2, -0.15) is 18.3 Å². The summed E-state index contributed by atoms with van der Waals surface area (Å²) in [6, 6.07) is 6.48. The van der Waals surface area contributed by atoms with Crippen LogP contribution in [0.3, 0.4) is 0 Å². The molecule has 1 N–H and O–H groups in total. The summed E-state index contributed by atoms with van der Waals surface area (Å²) in [7, 11) is 0. The highest BCUT2D eigenvalue weighted by atomic mass is 19.4. The van der Waals surface area contributed by atoms with Crippen LogP contribution < -0.4 is 5.32 Å². The summed E-state index contributed by atoms with van der Waals surface area (Å²) in [5.41, 5.74) is -0.322. The third kappa shape index (κ3) is 6.88. The number of carbonyl (C=O) groups excluding carboxylic acids is 1. The number of benzene rings is 1. The number of nitrogens with one attached hydrogen (secondary N) is 1. The maximum Gasteiger partial charge on any atom is 0.416 e. The van der Waals surface area contributed by atoms with Crippen LogP contribution in [0.15, 0.2) is 42.7 Å². The first kappa shape index (κ1) is 21.4. The second-order valence-electron chi connectivity index (χ2n) is 7.59. The first-order valence-electron chi connectivity index (χ1n) is 10.1. The molecule has 8 heteroatoms. The Kier molecular flexibility index (Phi) is 7.30. The number of likely N-dealkylation sites (tertiary alicyclic amines) is 1. The van der Waals surface area contributed by atoms with Gasteiger partial charge < -0.3 is 10.2 Å². The minimum Gasteiger partial charge on any atom is -0.326 e. The van der Waals surface area contributed by atoms with E-state index in [1.165, 1.54) is 12.1 Å². The topological polar surface area (TPSA) is 50.2 Å². The number of carbonyl (C=O) groups is 1. The van der Waals surface area contributed by atoms with Crippen LogP contribution in [-0.4, -0.2) is 40.2 Å². The Morgan fingerprint density at radius 2 is 2.00 bits per heavy atom. The zero-order valence-electron chi connectivity index (χ0n) is 16.4. The molecule has 0 radical (unpaired) electrons. The molecule has 1 amide bonds. The molecule has 0 bridgehead atoms. The normalized spacial score (nSPS) is 18.0. The van der Waals surface area contributed by atoms with Crippen LogP contribution in [-0.2, 0) is 17.5 Å². The number of rotatable bonds is 8. The Bertz CT molecular complexity index is 759. The highest BCUT2D eigenvalue weighted by molar-refractivity contribution is 5.90. The summed E-state index contributed by atoms with van der Waals surface area (Å²) < 4.78 is 39.7. The summed E-state index contributed by atoms with van der Waals surface area (Å²) in [6.07, 6.45) is 3.85. The molecular formula is C21H27F3N4O. The van der Waals surface area contributed by atoms with Gasteiger partial charge >= 0.3 is 6.18 Å². The van der Waals surface area contributed by atoms with Crippen LogP contribution in [0, 0.1) is 5.92 Å². The Hall–Kier alpha value is -2.35. The van der Waals surface area contributed by atoms with Crippen molar-refractivity contribution in [1.29, 1.82) is 0 Å². The molecule has 2 heterocycles. The monoisotopic (exact) mass is 408 g/mol. The molecule has 1 atom stereocenters. The summed E-state index contributed by atoms with van der Waals surface area (Å²) in [6.45, 7) is 4.01. The Balaban J connectivity index is 1.37. The van der Waals surface area contributed by atoms with E-state index in [0.29, 0.717) is 18.0 Å². The fourth-order valence-corrected chi connectivity index (χ4v) is 3.78. The van der Waals surface area contributed by atoms with Crippen molar-refractivity contribution < 1.29 is 18.0 Å². The van der Waals surface area contributed by atoms with Crippen molar-refractivity contribution in [2.45, 2.75) is 44.8 Å². The van der Waals surface area contributed by atoms with Gasteiger partial charge in [0.05, 0.1) is 5.56 Å². The maximum atomic E-state index is 12.6. The zero-order valence-corrected chi connectivity index (χ0v) is 16.4. The van der Waals surface area contributed by atoms with Gasteiger partial charge in [0, 0.05) is 37.6 Å². The van der Waals surface area contributed by atoms with Crippen molar-refractivity contribution in [1.82, 2.24) is 14.7 Å². The summed E-state index contributed by atoms with van der Waals surface area (Å²) >= 11 is 0. The number of piperidine rings is 1. The molecule has 1 fully saturated rings. The number of hydrogen-bond acceptors (Lipinski definition) is 3. The van der Waals surface area contributed by atoms with Crippen molar-refractivity contribution in [2.75, 3.05) is 25.0 Å². The van der Waals surface area contributed by atoms with Crippen LogP contribution in [0.4, 0.5) is 18.9 Å². The molecule has 1 aromatic heterocycles. The first-order chi connectivity index (χ1) is 13.9. The van der Waals surface area contributed by atoms with E-state index >= 15 is 0 Å². The summed E-state index contributed by atoms with van der Waals surface area (Å²) in [5, 5.41) is 6.90. The van der Waals surface area contributed by atoms with Crippen LogP contribution in [0.1, 0.15) is 37.7 Å². The highest BCUT2D eigenvalue weighted by Crippen LogP contribution is 2.30. The lowest BCUT2D eigenvalue weighted by Gasteiger charge is -2.32. The van der Waals surface area contributed by atoms with Gasteiger partial charge in [0.2, 0.25) is 5.91 Å². The standard InChI is InChI=1S/C21H27F3N4O/c22-21(23,24)18-6-8-19(9-7-18)26-20(29)10-5-17-4-1-12-27(16-17)13-3-15-28-14-2-11-25-28/h2,6-9,11,14,17H,1,3-5,10,12-13,15-16H2,(H,26,29)/t17-/m0/s1. The van der Waals surface area contributed by atoms with Gasteiger partial charge in [0.1, 0.15) is 0 Å². The van der Waals surface area contributed by atoms with Crippen molar-refractivity contribution in [3.05, 3.63) is 48.3 Å². The Morgan fingerprint density at radius 1 is 1.21 bits per heavy atom. The zero-order chi connectivity index (χ0) is 20.7. The Labute approximate surface area is 168 Å². The third-order valence-corrected chi connectivity index (χ3v) is 5.30. The summed E-state index contributed by atoms with van der Waals surface area (Å²) in [4.78, 5) is 14.6. The van der Waals surface area contributed by atoms with E-state index in [2.05, 4.69) is 15.3 Å². The van der Waals surface area contributed by atoms with Crippen LogP contribution in [0.2, 0.25) is 0 Å². The average Bonchev–Trinajstić information content (AvgIpc) is 3.20. The van der Waals surface area contributed by atoms with E-state index < -0.39 is 11.7 Å². The van der Waals surface area contributed by atoms with Gasteiger partial charge in [-0.25, -0.2) is 0 Å². The van der Waals surface area contributed by atoms with Crippen LogP contribution in [0.5, 0.6) is 0 Å². The molecule has 29 heavy (non-hydrogen) atoms. The number of anilines is 1. The number of amides is 1. The fraction of sp³-hybridized carbons (Fsp3) is 0.524. The van der Waals surface area contributed by atoms with E-state index in [1.807, 2.05) is 16.9 Å². The van der Waals surface area contributed by atoms with E-state index in [1.54, 1.807) is 6.20 Å². The number of aryl methyl sites for hydroxylation is 1. The van der Waals surface area contributed by atoms with Crippen molar-refractivity contribution in [3.8, 4) is 0 Å². The van der Waals surface area contributed by atoms with Crippen LogP contribution in [0.25, 0.3) is 0 Å². The van der Waals surface area contributed by atoms with Gasteiger partial charge in [-0.3, -0.25) is 9.48 Å². The first-order valence-corrected chi connectivity index (χ1v) is 10.1. The molecular weight excluding hydrogens is 381 g/mol. The quantitative estimate of drug-likeness (QED) is 0.703. The molecule has 1 saturated heterocycles. The van der Waals surface area contributed by atoms with Crippen molar-refractivity contribution >= 4 is 11.6 Å². The molecule has 2 aromatic rings. The molecule has 5 nitrogen and oxygen atoms in total. The molecule has 1 aliphatic rings. The van der Waals surface area contributed by atoms with E-state index in [-0.39, 0.29) is 5.91 Å². The largest absolute Gasteiger partial charge is 0.416 e. The minimum absolute atomic E-state index is 0.152. The lowest BCUT2D eigenvalue weighted by Crippen LogP contribution is -2.36. The molecule has 1 aromatic carbocycles. The highest BCUT2D eigenvalue weighted by Gasteiger charge is 2.30. The SMILES string of the molecule is O=C(CC[C@@H]1CCCN(CCCn2cccn2)C1)Nc1ccc(C(F)(F)F)cc1. The predicted molar refractivity (Wildman–Crippen MR) is 105 cm³/mol. The summed E-state index contributed by atoms with van der Waals surface area (Å²) in [5.74, 6) is 0.326. The lowest BCUT2D eigenvalue weighted by molar-refractivity contribution is -0.137. The number of alkyl halides is 3. The van der Waals surface area contributed by atoms with Crippen molar-refractivity contribution in [2.24, 2.45) is 5.92 Å². The van der Waals surface area contributed by atoms with Gasteiger partial charge in [0.15, 0.2) is 0 Å². The average molecular weight is 408 g/mol. The molecule has 0 saturated carbocycles. The maximum absolute atomic E-state index is 12.6. The van der Waals surface area contributed by atoms with E-state index in [9.17, 15) is 18.0 Å². The number of aromatic nitrogens is 2. The Morgan fingerprint density at radius 3 is 2.69 bits per heavy atom. The number of hydrogen-bond donors (Lipinski definition) is 1.